The molecular formula is C9H14B. The minimum Gasteiger partial charge on any atom is -0.0884 e. The van der Waals surface area contributed by atoms with Crippen molar-refractivity contribution in [1.29, 1.82) is 0 Å². The Kier molecular flexibility index (Phi) is 5.95. The van der Waals surface area contributed by atoms with Gasteiger partial charge in [-0.15, -0.1) is 0 Å². The zero-order chi connectivity index (χ0) is 7.82. The molecule has 0 aromatic carbocycles. The molecule has 0 bridgehead atoms. The Labute approximate surface area is 64.6 Å². The van der Waals surface area contributed by atoms with E-state index in [1.807, 2.05) is 38.9 Å². The molecule has 0 heterocycles. The fraction of sp³-hybridized carbons (Fsp3) is 0.333. The molecule has 0 rings (SSSR count). The van der Waals surface area contributed by atoms with E-state index in [0.29, 0.717) is 0 Å². The third-order valence-corrected chi connectivity index (χ3v) is 1.17. The summed E-state index contributed by atoms with van der Waals surface area (Å²) in [7, 11) is 2.08. The molecule has 0 amide bonds. The summed E-state index contributed by atoms with van der Waals surface area (Å²) < 4.78 is 0. The average molecular weight is 133 g/mol. The number of rotatable bonds is 3. The van der Waals surface area contributed by atoms with Crippen LogP contribution in [0.4, 0.5) is 0 Å². The summed E-state index contributed by atoms with van der Waals surface area (Å²) in [4.78, 5) is 0. The summed E-state index contributed by atoms with van der Waals surface area (Å²) in [5.41, 5.74) is 1.25. The minimum absolute atomic E-state index is 1.25. The summed E-state index contributed by atoms with van der Waals surface area (Å²) in [5.74, 6) is 0. The third kappa shape index (κ3) is 4.19. The predicted octanol–water partition coefficient (Wildman–Crippen LogP) is 2.77. The van der Waals surface area contributed by atoms with Gasteiger partial charge >= 0.3 is 0 Å². The summed E-state index contributed by atoms with van der Waals surface area (Å²) in [5, 5.41) is 0. The van der Waals surface area contributed by atoms with E-state index in [1.54, 1.807) is 0 Å². The first-order valence-electron chi connectivity index (χ1n) is 3.60. The van der Waals surface area contributed by atoms with Gasteiger partial charge in [-0.25, -0.2) is 0 Å². The van der Waals surface area contributed by atoms with E-state index in [2.05, 4.69) is 19.4 Å². The molecule has 0 aliphatic rings. The molecule has 0 aliphatic heterocycles. The maximum Gasteiger partial charge on any atom is 0.148 e. The SMILES string of the molecule is C[B]C(/C=C\C)=C/C=C/C. The maximum absolute atomic E-state index is 2.08. The molecular weight excluding hydrogens is 119 g/mol. The lowest BCUT2D eigenvalue weighted by molar-refractivity contribution is 1.67. The van der Waals surface area contributed by atoms with Crippen LogP contribution < -0.4 is 0 Å². The first-order chi connectivity index (χ1) is 4.85. The topological polar surface area (TPSA) is 0 Å². The first kappa shape index (κ1) is 9.28. The normalized spacial score (nSPS) is 13.3. The van der Waals surface area contributed by atoms with Crippen LogP contribution >= 0.6 is 0 Å². The lowest BCUT2D eigenvalue weighted by Crippen LogP contribution is -1.84. The number of hydrogen-bond donors (Lipinski definition) is 0. The Morgan fingerprint density at radius 3 is 2.30 bits per heavy atom. The van der Waals surface area contributed by atoms with Gasteiger partial charge in [-0.2, -0.15) is 0 Å². The molecule has 10 heavy (non-hydrogen) atoms. The highest BCUT2D eigenvalue weighted by molar-refractivity contribution is 6.44. The van der Waals surface area contributed by atoms with Crippen molar-refractivity contribution < 1.29 is 0 Å². The minimum atomic E-state index is 1.25. The molecule has 0 saturated heterocycles. The monoisotopic (exact) mass is 133 g/mol. The smallest absolute Gasteiger partial charge is 0.0884 e. The highest BCUT2D eigenvalue weighted by Crippen LogP contribution is 1.94. The molecule has 0 N–H and O–H groups in total. The maximum atomic E-state index is 2.08. The zero-order valence-corrected chi connectivity index (χ0v) is 6.96. The predicted molar refractivity (Wildman–Crippen MR) is 49.3 cm³/mol. The second-order valence-corrected chi connectivity index (χ2v) is 1.98. The van der Waals surface area contributed by atoms with Crippen molar-refractivity contribution in [2.75, 3.05) is 0 Å². The van der Waals surface area contributed by atoms with Gasteiger partial charge in [0.25, 0.3) is 0 Å². The molecule has 1 radical (unpaired) electrons. The average Bonchev–Trinajstić information content (AvgIpc) is 1.98. The molecule has 0 nitrogen and oxygen atoms in total. The van der Waals surface area contributed by atoms with Crippen LogP contribution in [0.1, 0.15) is 13.8 Å². The van der Waals surface area contributed by atoms with Crippen molar-refractivity contribution in [3.63, 3.8) is 0 Å². The van der Waals surface area contributed by atoms with Crippen LogP contribution in [0.15, 0.2) is 35.9 Å². The molecule has 0 aromatic rings. The summed E-state index contributed by atoms with van der Waals surface area (Å²) in [6, 6.07) is 0. The number of hydrogen-bond acceptors (Lipinski definition) is 0. The van der Waals surface area contributed by atoms with Crippen LogP contribution in [0.3, 0.4) is 0 Å². The summed E-state index contributed by atoms with van der Waals surface area (Å²) in [6.45, 7) is 6.07. The highest BCUT2D eigenvalue weighted by Gasteiger charge is 1.83. The largest absolute Gasteiger partial charge is 0.148 e. The van der Waals surface area contributed by atoms with Gasteiger partial charge in [-0.3, -0.25) is 0 Å². The molecule has 1 heteroatoms. The summed E-state index contributed by atoms with van der Waals surface area (Å²) in [6.07, 6.45) is 10.3. The zero-order valence-electron chi connectivity index (χ0n) is 6.96. The van der Waals surface area contributed by atoms with Gasteiger partial charge in [0.05, 0.1) is 0 Å². The van der Waals surface area contributed by atoms with E-state index in [1.165, 1.54) is 5.47 Å². The Balaban J connectivity index is 4.04. The third-order valence-electron chi connectivity index (χ3n) is 1.17. The van der Waals surface area contributed by atoms with Crippen LogP contribution in [0, 0.1) is 0 Å². The van der Waals surface area contributed by atoms with E-state index in [0.717, 1.165) is 0 Å². The standard InChI is InChI=1S/C9H14B/c1-4-6-8-9(10-3)7-5-2/h4-8H,1-3H3/b6-4+,7-5-,9-8+. The Morgan fingerprint density at radius 2 is 1.90 bits per heavy atom. The van der Waals surface area contributed by atoms with Crippen molar-refractivity contribution in [3.05, 3.63) is 35.9 Å². The van der Waals surface area contributed by atoms with Crippen molar-refractivity contribution in [1.82, 2.24) is 0 Å². The van der Waals surface area contributed by atoms with Crippen molar-refractivity contribution in [2.45, 2.75) is 20.7 Å². The second-order valence-electron chi connectivity index (χ2n) is 1.98. The van der Waals surface area contributed by atoms with Gasteiger partial charge in [0, 0.05) is 0 Å². The molecule has 0 fully saturated rings. The number of allylic oxidation sites excluding steroid dienone is 6. The fourth-order valence-electron chi connectivity index (χ4n) is 0.648. The van der Waals surface area contributed by atoms with Crippen LogP contribution in [0.25, 0.3) is 0 Å². The molecule has 0 atom stereocenters. The van der Waals surface area contributed by atoms with Crippen LogP contribution in [0.5, 0.6) is 0 Å². The summed E-state index contributed by atoms with van der Waals surface area (Å²) >= 11 is 0. The van der Waals surface area contributed by atoms with Gasteiger partial charge < -0.3 is 0 Å². The molecule has 0 aliphatic carbocycles. The van der Waals surface area contributed by atoms with Gasteiger partial charge in [0.1, 0.15) is 7.28 Å². The van der Waals surface area contributed by atoms with Crippen molar-refractivity contribution in [3.8, 4) is 0 Å². The van der Waals surface area contributed by atoms with E-state index in [-0.39, 0.29) is 0 Å². The van der Waals surface area contributed by atoms with Gasteiger partial charge in [-0.05, 0) is 13.8 Å². The van der Waals surface area contributed by atoms with E-state index < -0.39 is 0 Å². The molecule has 0 spiro atoms. The van der Waals surface area contributed by atoms with E-state index >= 15 is 0 Å². The Hall–Kier alpha value is -0.715. The highest BCUT2D eigenvalue weighted by atomic mass is 13.7. The van der Waals surface area contributed by atoms with Gasteiger partial charge in [0.2, 0.25) is 0 Å². The Bertz CT molecular complexity index is 152. The van der Waals surface area contributed by atoms with Gasteiger partial charge in [-0.1, -0.05) is 42.7 Å². The quantitative estimate of drug-likeness (QED) is 0.410. The Morgan fingerprint density at radius 1 is 1.20 bits per heavy atom. The first-order valence-corrected chi connectivity index (χ1v) is 3.60. The lowest BCUT2D eigenvalue weighted by Gasteiger charge is -1.90. The van der Waals surface area contributed by atoms with E-state index in [4.69, 9.17) is 0 Å². The van der Waals surface area contributed by atoms with Crippen molar-refractivity contribution in [2.24, 2.45) is 0 Å². The van der Waals surface area contributed by atoms with E-state index in [9.17, 15) is 0 Å². The molecule has 53 valence electrons. The fourth-order valence-corrected chi connectivity index (χ4v) is 0.648. The van der Waals surface area contributed by atoms with Crippen LogP contribution in [0.2, 0.25) is 6.82 Å². The lowest BCUT2D eigenvalue weighted by atomic mass is 9.72. The second kappa shape index (κ2) is 6.41. The van der Waals surface area contributed by atoms with Crippen molar-refractivity contribution >= 4 is 7.28 Å². The van der Waals surface area contributed by atoms with Gasteiger partial charge in [0.15, 0.2) is 0 Å². The molecule has 0 unspecified atom stereocenters. The van der Waals surface area contributed by atoms with Crippen LogP contribution in [-0.2, 0) is 0 Å². The molecule has 0 saturated carbocycles. The van der Waals surface area contributed by atoms with Crippen LogP contribution in [-0.4, -0.2) is 7.28 Å². The molecule has 0 aromatic heterocycles.